The fourth-order valence-corrected chi connectivity index (χ4v) is 4.40. The number of hydrogen-bond donors (Lipinski definition) is 2. The highest BCUT2D eigenvalue weighted by molar-refractivity contribution is 9.10. The van der Waals surface area contributed by atoms with E-state index < -0.39 is 35.7 Å². The summed E-state index contributed by atoms with van der Waals surface area (Å²) in [5.74, 6) is 0. The largest absolute Gasteiger partial charge is 1.00 e. The van der Waals surface area contributed by atoms with Gasteiger partial charge in [0.25, 0.3) is 10.1 Å². The quantitative estimate of drug-likeness (QED) is 0.435. The Hall–Kier alpha value is -0.580. The minimum Gasteiger partial charge on any atom is -1.00 e. The van der Waals surface area contributed by atoms with Crippen LogP contribution in [-0.4, -0.2) is 25.9 Å². The van der Waals surface area contributed by atoms with Crippen molar-refractivity contribution in [1.29, 1.82) is 5.39 Å². The first-order chi connectivity index (χ1) is 8.00. The summed E-state index contributed by atoms with van der Waals surface area (Å²) >= 11 is 2.78. The molecule has 0 radical (unpaired) electrons. The van der Waals surface area contributed by atoms with Gasteiger partial charge in [-0.3, -0.25) is 9.11 Å². The second-order valence-electron chi connectivity index (χ2n) is 3.23. The molecule has 0 aliphatic rings. The molecule has 0 spiro atoms. The Morgan fingerprint density at radius 1 is 1.16 bits per heavy atom. The van der Waals surface area contributed by atoms with Crippen LogP contribution in [0.15, 0.2) is 20.3 Å². The van der Waals surface area contributed by atoms with Crippen LogP contribution in [0.1, 0.15) is 5.56 Å². The second-order valence-corrected chi connectivity index (χ2v) is 6.74. The lowest BCUT2D eigenvalue weighted by molar-refractivity contribution is -0.0000120. The first kappa shape index (κ1) is 18.4. The lowest BCUT2D eigenvalue weighted by atomic mass is 10.2. The average molecular weight is 438 g/mol. The third-order valence-electron chi connectivity index (χ3n) is 1.96. The van der Waals surface area contributed by atoms with Crippen LogP contribution in [-0.2, 0) is 20.2 Å². The molecule has 0 atom stereocenters. The van der Waals surface area contributed by atoms with E-state index in [4.69, 9.17) is 14.5 Å². The number of hydrogen-bond acceptors (Lipinski definition) is 5. The first-order valence-electron chi connectivity index (χ1n) is 4.13. The number of rotatable bonds is 2. The first-order valence-corrected chi connectivity index (χ1v) is 7.80. The van der Waals surface area contributed by atoms with Crippen molar-refractivity contribution in [2.75, 3.05) is 0 Å². The summed E-state index contributed by atoms with van der Waals surface area (Å²) in [7, 11) is -9.98. The molecule has 1 aromatic rings. The van der Waals surface area contributed by atoms with E-state index in [-0.39, 0.29) is 27.0 Å². The average Bonchev–Trinajstić information content (AvgIpc) is 2.17. The van der Waals surface area contributed by atoms with Gasteiger partial charge in [0.1, 0.15) is 4.90 Å². The maximum atomic E-state index is 11.2. The van der Waals surface area contributed by atoms with Gasteiger partial charge in [0.15, 0.2) is 4.98 Å². The van der Waals surface area contributed by atoms with Gasteiger partial charge < -0.3 is 17.0 Å². The molecule has 0 aliphatic heterocycles. The predicted octanol–water partition coefficient (Wildman–Crippen LogP) is -1.26. The van der Waals surface area contributed by atoms with Gasteiger partial charge in [-0.05, 0) is 28.4 Å². The molecule has 1 rings (SSSR count). The summed E-state index contributed by atoms with van der Waals surface area (Å²) < 4.78 is 62.3. The van der Waals surface area contributed by atoms with E-state index in [1.807, 2.05) is 0 Å². The lowest BCUT2D eigenvalue weighted by Crippen LogP contribution is -3.00. The van der Waals surface area contributed by atoms with Gasteiger partial charge in [-0.15, -0.1) is 0 Å². The van der Waals surface area contributed by atoms with Gasteiger partial charge >= 0.3 is 15.8 Å². The summed E-state index contributed by atoms with van der Waals surface area (Å²) in [5.41, 5.74) is -0.520. The molecule has 1 aromatic carbocycles. The minimum atomic E-state index is -5.02. The molecule has 8 nitrogen and oxygen atoms in total. The summed E-state index contributed by atoms with van der Waals surface area (Å²) in [6, 6.07) is 1.02. The van der Waals surface area contributed by atoms with E-state index in [1.54, 1.807) is 0 Å². The van der Waals surface area contributed by atoms with Gasteiger partial charge in [-0.2, -0.15) is 16.8 Å². The third-order valence-corrected chi connectivity index (χ3v) is 5.23. The number of aryl methyl sites for hydroxylation is 1. The van der Waals surface area contributed by atoms with Gasteiger partial charge in [-0.1, -0.05) is 0 Å². The fraction of sp³-hybridized carbons (Fsp3) is 0.143. The molecule has 0 amide bonds. The van der Waals surface area contributed by atoms with E-state index in [9.17, 15) is 16.8 Å². The highest BCUT2D eigenvalue weighted by Gasteiger charge is 2.37. The highest BCUT2D eigenvalue weighted by atomic mass is 79.9. The zero-order chi connectivity index (χ0) is 14.3. The SMILES string of the molecule is Cc1cc([N+]#N)c(S(=O)(=O)O)c(S(=O)(=O)O)c1Br.[Br-]. The fourth-order valence-electron chi connectivity index (χ4n) is 1.28. The lowest BCUT2D eigenvalue weighted by Gasteiger charge is -2.06. The van der Waals surface area contributed by atoms with Crippen molar-refractivity contribution in [1.82, 2.24) is 0 Å². The van der Waals surface area contributed by atoms with Crippen LogP contribution in [0.4, 0.5) is 5.69 Å². The van der Waals surface area contributed by atoms with Crippen LogP contribution in [0.25, 0.3) is 4.98 Å². The molecule has 0 saturated heterocycles. The molecular formula is C7H6Br2N2O6S2. The summed E-state index contributed by atoms with van der Waals surface area (Å²) in [6.45, 7) is 1.38. The Bertz CT molecular complexity index is 766. The van der Waals surface area contributed by atoms with Crippen molar-refractivity contribution < 1.29 is 42.9 Å². The standard InChI is InChI=1S/C7H5BrN2O6S2.BrH/c1-3-2-4(10-9)6(17(11,12)13)7(5(3)8)18(14,15)16;/h2H,1H3,(H-,11,12,13,14,15,16);1H. The summed E-state index contributed by atoms with van der Waals surface area (Å²) in [5, 5.41) is 8.64. The van der Waals surface area contributed by atoms with Crippen molar-refractivity contribution in [2.45, 2.75) is 16.7 Å². The topological polar surface area (TPSA) is 137 Å². The molecule has 106 valence electrons. The Morgan fingerprint density at radius 3 is 1.89 bits per heavy atom. The number of benzene rings is 1. The van der Waals surface area contributed by atoms with E-state index in [1.165, 1.54) is 6.92 Å². The van der Waals surface area contributed by atoms with E-state index in [0.717, 1.165) is 6.07 Å². The number of diazo groups is 1. The second kappa shape index (κ2) is 5.81. The number of nitrogens with zero attached hydrogens (tertiary/aromatic N) is 2. The molecule has 0 saturated carbocycles. The maximum Gasteiger partial charge on any atom is 0.407 e. The van der Waals surface area contributed by atoms with Gasteiger partial charge in [-0.25, -0.2) is 0 Å². The van der Waals surface area contributed by atoms with E-state index in [2.05, 4.69) is 20.9 Å². The van der Waals surface area contributed by atoms with Crippen LogP contribution in [0, 0.1) is 12.3 Å². The smallest absolute Gasteiger partial charge is 0.407 e. The van der Waals surface area contributed by atoms with Crippen LogP contribution in [0.2, 0.25) is 0 Å². The summed E-state index contributed by atoms with van der Waals surface area (Å²) in [4.78, 5) is 0.288. The molecule has 0 bridgehead atoms. The maximum absolute atomic E-state index is 11.2. The zero-order valence-electron chi connectivity index (χ0n) is 9.07. The molecule has 19 heavy (non-hydrogen) atoms. The van der Waals surface area contributed by atoms with Crippen molar-refractivity contribution in [3.8, 4) is 0 Å². The Kier molecular flexibility index (Phi) is 5.64. The zero-order valence-corrected chi connectivity index (χ0v) is 13.9. The molecule has 0 aliphatic carbocycles. The Morgan fingerprint density at radius 2 is 1.58 bits per heavy atom. The molecule has 12 heteroatoms. The van der Waals surface area contributed by atoms with Gasteiger partial charge in [0.05, 0.1) is 0 Å². The molecular weight excluding hydrogens is 432 g/mol. The van der Waals surface area contributed by atoms with Crippen molar-refractivity contribution in [3.63, 3.8) is 0 Å². The van der Waals surface area contributed by atoms with Crippen molar-refractivity contribution >= 4 is 41.9 Å². The minimum absolute atomic E-state index is 0. The van der Waals surface area contributed by atoms with Crippen LogP contribution in [0.3, 0.4) is 0 Å². The monoisotopic (exact) mass is 436 g/mol. The normalized spacial score (nSPS) is 11.5. The van der Waals surface area contributed by atoms with Crippen LogP contribution in [0.5, 0.6) is 0 Å². The Balaban J connectivity index is 0.00000324. The van der Waals surface area contributed by atoms with Crippen molar-refractivity contribution in [2.24, 2.45) is 0 Å². The molecule has 2 N–H and O–H groups in total. The molecule has 0 heterocycles. The summed E-state index contributed by atoms with van der Waals surface area (Å²) in [6.07, 6.45) is 0. The molecule has 0 fully saturated rings. The Labute approximate surface area is 127 Å². The van der Waals surface area contributed by atoms with Gasteiger partial charge in [0, 0.05) is 10.5 Å². The van der Waals surface area contributed by atoms with Crippen LogP contribution >= 0.6 is 15.9 Å². The predicted molar refractivity (Wildman–Crippen MR) is 63.3 cm³/mol. The van der Waals surface area contributed by atoms with Gasteiger partial charge in [0.2, 0.25) is 10.3 Å². The third kappa shape index (κ3) is 3.71. The molecule has 0 unspecified atom stereocenters. The molecule has 0 aromatic heterocycles. The van der Waals surface area contributed by atoms with E-state index in [0.29, 0.717) is 0 Å². The van der Waals surface area contributed by atoms with Crippen LogP contribution < -0.4 is 17.0 Å². The van der Waals surface area contributed by atoms with Crippen molar-refractivity contribution in [3.05, 3.63) is 21.1 Å². The number of halogens is 2. The highest BCUT2D eigenvalue weighted by Crippen LogP contribution is 2.38. The van der Waals surface area contributed by atoms with E-state index >= 15 is 0 Å².